The van der Waals surface area contributed by atoms with Crippen LogP contribution in [-0.4, -0.2) is 57.7 Å². The Morgan fingerprint density at radius 3 is 2.76 bits per heavy atom. The van der Waals surface area contributed by atoms with Gasteiger partial charge < -0.3 is 14.5 Å². The van der Waals surface area contributed by atoms with Gasteiger partial charge in [-0.05, 0) is 31.2 Å². The molecule has 1 aliphatic heterocycles. The van der Waals surface area contributed by atoms with Crippen molar-refractivity contribution in [1.29, 1.82) is 0 Å². The third kappa shape index (κ3) is 3.86. The number of benzene rings is 1. The van der Waals surface area contributed by atoms with E-state index in [4.69, 9.17) is 9.15 Å². The smallest absolute Gasteiger partial charge is 0.251 e. The van der Waals surface area contributed by atoms with Crippen LogP contribution in [0.15, 0.2) is 28.7 Å². The lowest BCUT2D eigenvalue weighted by molar-refractivity contribution is 0.0926. The molecule has 2 aromatic rings. The fraction of sp³-hybridized carbons (Fsp3) is 0.471. The van der Waals surface area contributed by atoms with Crippen LogP contribution in [0.2, 0.25) is 0 Å². The topological polar surface area (TPSA) is 88.8 Å². The Morgan fingerprint density at radius 2 is 2.04 bits per heavy atom. The van der Waals surface area contributed by atoms with Crippen molar-refractivity contribution < 1.29 is 22.4 Å². The van der Waals surface area contributed by atoms with Gasteiger partial charge in [-0.3, -0.25) is 4.79 Å². The van der Waals surface area contributed by atoms with Crippen molar-refractivity contribution in [2.45, 2.75) is 13.0 Å². The monoisotopic (exact) mass is 366 g/mol. The SMILES string of the molecule is Cc1cc2cc(C(=O)N[C@@H]3COC[C@H]3CS(=O)(=O)N(C)C)ccc2o1. The van der Waals surface area contributed by atoms with E-state index >= 15 is 0 Å². The van der Waals surface area contributed by atoms with Crippen LogP contribution in [0, 0.1) is 12.8 Å². The molecule has 1 fully saturated rings. The highest BCUT2D eigenvalue weighted by Gasteiger charge is 2.34. The molecule has 1 N–H and O–H groups in total. The van der Waals surface area contributed by atoms with Crippen molar-refractivity contribution in [3.05, 3.63) is 35.6 Å². The van der Waals surface area contributed by atoms with Gasteiger partial charge in [0.2, 0.25) is 10.0 Å². The van der Waals surface area contributed by atoms with Crippen molar-refractivity contribution >= 4 is 26.9 Å². The molecule has 0 unspecified atom stereocenters. The molecule has 0 spiro atoms. The average molecular weight is 366 g/mol. The highest BCUT2D eigenvalue weighted by molar-refractivity contribution is 7.89. The molecule has 25 heavy (non-hydrogen) atoms. The Morgan fingerprint density at radius 1 is 1.28 bits per heavy atom. The van der Waals surface area contributed by atoms with E-state index in [0.717, 1.165) is 16.7 Å². The molecule has 1 saturated heterocycles. The fourth-order valence-electron chi connectivity index (χ4n) is 2.91. The van der Waals surface area contributed by atoms with Gasteiger partial charge in [-0.15, -0.1) is 0 Å². The number of amides is 1. The number of carbonyl (C=O) groups is 1. The second-order valence-electron chi connectivity index (χ2n) is 6.55. The number of hydrogen-bond acceptors (Lipinski definition) is 5. The van der Waals surface area contributed by atoms with E-state index in [2.05, 4.69) is 5.32 Å². The first-order chi connectivity index (χ1) is 11.8. The van der Waals surface area contributed by atoms with Crippen LogP contribution in [0.3, 0.4) is 0 Å². The minimum Gasteiger partial charge on any atom is -0.461 e. The molecule has 136 valence electrons. The van der Waals surface area contributed by atoms with Crippen LogP contribution in [0.1, 0.15) is 16.1 Å². The Kier molecular flexibility index (Phi) is 4.86. The molecule has 0 radical (unpaired) electrons. The summed E-state index contributed by atoms with van der Waals surface area (Å²) in [5.74, 6) is 0.218. The Bertz CT molecular complexity index is 888. The van der Waals surface area contributed by atoms with Crippen molar-refractivity contribution in [1.82, 2.24) is 9.62 Å². The number of nitrogens with one attached hydrogen (secondary N) is 1. The Labute approximate surface area is 147 Å². The lowest BCUT2D eigenvalue weighted by Gasteiger charge is -2.21. The molecule has 0 bridgehead atoms. The summed E-state index contributed by atoms with van der Waals surface area (Å²) in [4.78, 5) is 12.5. The highest BCUT2D eigenvalue weighted by Crippen LogP contribution is 2.21. The van der Waals surface area contributed by atoms with E-state index < -0.39 is 10.0 Å². The molecular formula is C17H22N2O5S. The molecule has 0 aliphatic carbocycles. The molecule has 8 heteroatoms. The van der Waals surface area contributed by atoms with Crippen LogP contribution < -0.4 is 5.32 Å². The molecule has 1 aromatic carbocycles. The van der Waals surface area contributed by atoms with E-state index in [9.17, 15) is 13.2 Å². The van der Waals surface area contributed by atoms with Crippen molar-refractivity contribution in [2.24, 2.45) is 5.92 Å². The predicted octanol–water partition coefficient (Wildman–Crippen LogP) is 1.38. The fourth-order valence-corrected chi connectivity index (χ4v) is 4.08. The van der Waals surface area contributed by atoms with E-state index in [1.54, 1.807) is 18.2 Å². The molecular weight excluding hydrogens is 344 g/mol. The number of hydrogen-bond donors (Lipinski definition) is 1. The second kappa shape index (κ2) is 6.78. The van der Waals surface area contributed by atoms with Gasteiger partial charge in [0, 0.05) is 31.0 Å². The summed E-state index contributed by atoms with van der Waals surface area (Å²) < 4.78 is 36.3. The lowest BCUT2D eigenvalue weighted by atomic mass is 10.1. The van der Waals surface area contributed by atoms with Crippen molar-refractivity contribution in [3.8, 4) is 0 Å². The van der Waals surface area contributed by atoms with Crippen LogP contribution in [0.5, 0.6) is 0 Å². The number of sulfonamides is 1. The first-order valence-corrected chi connectivity index (χ1v) is 9.66. The van der Waals surface area contributed by atoms with Gasteiger partial charge in [0.05, 0.1) is 25.0 Å². The van der Waals surface area contributed by atoms with Crippen LogP contribution in [0.25, 0.3) is 11.0 Å². The third-order valence-corrected chi connectivity index (χ3v) is 6.36. The van der Waals surface area contributed by atoms with Crippen LogP contribution in [-0.2, 0) is 14.8 Å². The van der Waals surface area contributed by atoms with E-state index in [0.29, 0.717) is 18.8 Å². The summed E-state index contributed by atoms with van der Waals surface area (Å²) in [5, 5.41) is 3.76. The summed E-state index contributed by atoms with van der Waals surface area (Å²) in [7, 11) is -0.350. The van der Waals surface area contributed by atoms with Crippen LogP contribution >= 0.6 is 0 Å². The first kappa shape index (κ1) is 17.9. The molecule has 7 nitrogen and oxygen atoms in total. The zero-order valence-electron chi connectivity index (χ0n) is 14.5. The second-order valence-corrected chi connectivity index (χ2v) is 8.78. The molecule has 0 saturated carbocycles. The lowest BCUT2D eigenvalue weighted by Crippen LogP contribution is -2.43. The Hall–Kier alpha value is -1.90. The molecule has 1 aromatic heterocycles. The standard InChI is InChI=1S/C17H22N2O5S/c1-11-6-13-7-12(4-5-16(13)24-11)17(20)18-15-9-23-8-14(15)10-25(21,22)19(2)3/h4-7,14-15H,8-10H2,1-3H3,(H,18,20)/t14-,15+/m0/s1. The van der Waals surface area contributed by atoms with E-state index in [-0.39, 0.29) is 23.6 Å². The predicted molar refractivity (Wildman–Crippen MR) is 94.0 cm³/mol. The van der Waals surface area contributed by atoms with Crippen molar-refractivity contribution in [3.63, 3.8) is 0 Å². The summed E-state index contributed by atoms with van der Waals surface area (Å²) in [6, 6.07) is 6.77. The van der Waals surface area contributed by atoms with Gasteiger partial charge in [-0.2, -0.15) is 0 Å². The average Bonchev–Trinajstić information content (AvgIpc) is 3.11. The van der Waals surface area contributed by atoms with Gasteiger partial charge in [0.25, 0.3) is 5.91 Å². The normalized spacial score (nSPS) is 21.1. The maximum absolute atomic E-state index is 12.5. The van der Waals surface area contributed by atoms with Crippen molar-refractivity contribution in [2.75, 3.05) is 33.1 Å². The highest BCUT2D eigenvalue weighted by atomic mass is 32.2. The molecule has 1 aliphatic rings. The summed E-state index contributed by atoms with van der Waals surface area (Å²) in [6.45, 7) is 2.48. The Balaban J connectivity index is 1.72. The maximum Gasteiger partial charge on any atom is 0.251 e. The summed E-state index contributed by atoms with van der Waals surface area (Å²) >= 11 is 0. The summed E-state index contributed by atoms with van der Waals surface area (Å²) in [6.07, 6.45) is 0. The summed E-state index contributed by atoms with van der Waals surface area (Å²) in [5.41, 5.74) is 1.24. The van der Waals surface area contributed by atoms with Gasteiger partial charge in [-0.25, -0.2) is 12.7 Å². The zero-order chi connectivity index (χ0) is 18.2. The number of furan rings is 1. The number of nitrogens with zero attached hydrogens (tertiary/aromatic N) is 1. The minimum absolute atomic E-state index is 0.0507. The number of carbonyl (C=O) groups excluding carboxylic acids is 1. The molecule has 2 atom stereocenters. The van der Waals surface area contributed by atoms with Gasteiger partial charge in [0.1, 0.15) is 11.3 Å². The minimum atomic E-state index is -3.35. The zero-order valence-corrected chi connectivity index (χ0v) is 15.3. The molecule has 1 amide bonds. The molecule has 2 heterocycles. The number of ether oxygens (including phenoxy) is 1. The van der Waals surface area contributed by atoms with Gasteiger partial charge in [0.15, 0.2) is 0 Å². The van der Waals surface area contributed by atoms with Gasteiger partial charge in [-0.1, -0.05) is 0 Å². The molecule has 3 rings (SSSR count). The van der Waals surface area contributed by atoms with E-state index in [1.165, 1.54) is 18.4 Å². The largest absolute Gasteiger partial charge is 0.461 e. The first-order valence-electron chi connectivity index (χ1n) is 8.05. The number of rotatable bonds is 5. The third-order valence-electron chi connectivity index (χ3n) is 4.40. The maximum atomic E-state index is 12.5. The van der Waals surface area contributed by atoms with Crippen LogP contribution in [0.4, 0.5) is 0 Å². The number of fused-ring (bicyclic) bond motifs is 1. The van der Waals surface area contributed by atoms with E-state index in [1.807, 2.05) is 13.0 Å². The number of aryl methyl sites for hydroxylation is 1. The quantitative estimate of drug-likeness (QED) is 0.863. The van der Waals surface area contributed by atoms with Gasteiger partial charge >= 0.3 is 0 Å².